The van der Waals surface area contributed by atoms with E-state index in [4.69, 9.17) is 9.47 Å². The summed E-state index contributed by atoms with van der Waals surface area (Å²) >= 11 is 0. The molecule has 2 aromatic rings. The second-order valence-corrected chi connectivity index (χ2v) is 7.83. The number of nitrogens with one attached hydrogen (secondary N) is 1. The fraction of sp³-hybridized carbons (Fsp3) is 0.500. The molecule has 1 atom stereocenters. The lowest BCUT2D eigenvalue weighted by atomic mass is 9.78. The van der Waals surface area contributed by atoms with Gasteiger partial charge in [0.2, 0.25) is 5.82 Å². The topological polar surface area (TPSA) is 98.6 Å². The SMILES string of the molecule is CN1C(=O)[C@@H](NC(=O)c2nc3n(n2)CCC32CCOCC2)COc2ccccc21. The van der Waals surface area contributed by atoms with E-state index in [2.05, 4.69) is 15.4 Å². The van der Waals surface area contributed by atoms with E-state index in [0.717, 1.165) is 31.6 Å². The van der Waals surface area contributed by atoms with Gasteiger partial charge in [-0.25, -0.2) is 9.67 Å². The highest BCUT2D eigenvalue weighted by molar-refractivity contribution is 6.02. The third-order valence-electron chi connectivity index (χ3n) is 6.17. The quantitative estimate of drug-likeness (QED) is 0.808. The number of likely N-dealkylation sites (N-methyl/N-ethyl adjacent to an activating group) is 1. The van der Waals surface area contributed by atoms with Crippen LogP contribution in [0.25, 0.3) is 0 Å². The standard InChI is InChI=1S/C20H23N5O4/c1-24-14-4-2-3-5-15(14)29-12-13(18(24)27)21-17(26)16-22-19-20(6-9-25(19)23-16)7-10-28-11-8-20/h2-5,13H,6-12H2,1H3,(H,21,26)/t13-/m0/s1. The Balaban J connectivity index is 1.34. The fourth-order valence-electron chi connectivity index (χ4n) is 4.43. The molecule has 0 saturated carbocycles. The van der Waals surface area contributed by atoms with Gasteiger partial charge >= 0.3 is 0 Å². The van der Waals surface area contributed by atoms with Gasteiger partial charge in [-0.05, 0) is 31.4 Å². The Hall–Kier alpha value is -2.94. The molecule has 1 fully saturated rings. The van der Waals surface area contributed by atoms with Crippen LogP contribution in [0.4, 0.5) is 5.69 Å². The number of nitrogens with zero attached hydrogens (tertiary/aromatic N) is 4. The van der Waals surface area contributed by atoms with Crippen LogP contribution in [0, 0.1) is 0 Å². The van der Waals surface area contributed by atoms with Crippen molar-refractivity contribution < 1.29 is 19.1 Å². The number of amides is 2. The summed E-state index contributed by atoms with van der Waals surface area (Å²) < 4.78 is 13.1. The van der Waals surface area contributed by atoms with E-state index in [1.807, 2.05) is 22.9 Å². The van der Waals surface area contributed by atoms with E-state index < -0.39 is 11.9 Å². The normalized spacial score (nSPS) is 22.6. The summed E-state index contributed by atoms with van der Waals surface area (Å²) in [6.07, 6.45) is 2.76. The summed E-state index contributed by atoms with van der Waals surface area (Å²) in [7, 11) is 1.67. The summed E-state index contributed by atoms with van der Waals surface area (Å²) in [6.45, 7) is 2.21. The summed E-state index contributed by atoms with van der Waals surface area (Å²) in [5, 5.41) is 7.15. The Bertz CT molecular complexity index is 966. The van der Waals surface area contributed by atoms with Gasteiger partial charge in [0, 0.05) is 32.2 Å². The largest absolute Gasteiger partial charge is 0.489 e. The molecule has 1 aromatic heterocycles. The van der Waals surface area contributed by atoms with Gasteiger partial charge in [0.1, 0.15) is 24.2 Å². The summed E-state index contributed by atoms with van der Waals surface area (Å²) in [5.41, 5.74) is 0.627. The molecular weight excluding hydrogens is 374 g/mol. The van der Waals surface area contributed by atoms with E-state index in [1.54, 1.807) is 13.1 Å². The Labute approximate surface area is 168 Å². The van der Waals surface area contributed by atoms with Crippen LogP contribution in [0.5, 0.6) is 5.75 Å². The number of aryl methyl sites for hydroxylation is 1. The van der Waals surface area contributed by atoms with Crippen molar-refractivity contribution in [3.63, 3.8) is 0 Å². The maximum Gasteiger partial charge on any atom is 0.291 e. The van der Waals surface area contributed by atoms with Crippen molar-refractivity contribution in [1.29, 1.82) is 0 Å². The minimum absolute atomic E-state index is 0.0487. The molecule has 9 nitrogen and oxygen atoms in total. The molecule has 0 radical (unpaired) electrons. The van der Waals surface area contributed by atoms with Crippen molar-refractivity contribution in [2.45, 2.75) is 37.3 Å². The minimum atomic E-state index is -0.810. The Kier molecular flexibility index (Phi) is 4.27. The number of fused-ring (bicyclic) bond motifs is 3. The zero-order chi connectivity index (χ0) is 20.0. The number of carbonyl (C=O) groups is 2. The number of rotatable bonds is 2. The van der Waals surface area contributed by atoms with Gasteiger partial charge in [0.25, 0.3) is 11.8 Å². The lowest BCUT2D eigenvalue weighted by Gasteiger charge is -2.31. The molecule has 0 aliphatic carbocycles. The molecule has 5 rings (SSSR count). The van der Waals surface area contributed by atoms with E-state index in [9.17, 15) is 9.59 Å². The molecule has 1 N–H and O–H groups in total. The first-order valence-corrected chi connectivity index (χ1v) is 9.91. The van der Waals surface area contributed by atoms with Crippen LogP contribution in [0.3, 0.4) is 0 Å². The fourth-order valence-corrected chi connectivity index (χ4v) is 4.43. The first-order chi connectivity index (χ1) is 14.1. The average Bonchev–Trinajstić information content (AvgIpc) is 3.29. The molecular formula is C20H23N5O4. The molecule has 4 heterocycles. The van der Waals surface area contributed by atoms with Crippen LogP contribution in [0.2, 0.25) is 0 Å². The van der Waals surface area contributed by atoms with E-state index >= 15 is 0 Å². The van der Waals surface area contributed by atoms with Gasteiger partial charge in [-0.3, -0.25) is 9.59 Å². The Morgan fingerprint density at radius 3 is 2.86 bits per heavy atom. The predicted molar refractivity (Wildman–Crippen MR) is 103 cm³/mol. The molecule has 9 heteroatoms. The van der Waals surface area contributed by atoms with Crippen LogP contribution < -0.4 is 15.0 Å². The van der Waals surface area contributed by atoms with Crippen molar-refractivity contribution in [3.05, 3.63) is 35.9 Å². The zero-order valence-electron chi connectivity index (χ0n) is 16.3. The van der Waals surface area contributed by atoms with Gasteiger partial charge in [-0.2, -0.15) is 0 Å². The third kappa shape index (κ3) is 2.96. The molecule has 3 aliphatic rings. The second kappa shape index (κ2) is 6.84. The number of carbonyl (C=O) groups excluding carboxylic acids is 2. The van der Waals surface area contributed by atoms with Gasteiger partial charge in [0.05, 0.1) is 5.69 Å². The molecule has 3 aliphatic heterocycles. The second-order valence-electron chi connectivity index (χ2n) is 7.83. The van der Waals surface area contributed by atoms with Crippen LogP contribution >= 0.6 is 0 Å². The first-order valence-electron chi connectivity index (χ1n) is 9.91. The molecule has 0 bridgehead atoms. The molecule has 1 saturated heterocycles. The maximum absolute atomic E-state index is 12.8. The van der Waals surface area contributed by atoms with Gasteiger partial charge in [-0.1, -0.05) is 12.1 Å². The average molecular weight is 397 g/mol. The summed E-state index contributed by atoms with van der Waals surface area (Å²) in [4.78, 5) is 31.7. The monoisotopic (exact) mass is 397 g/mol. The lowest BCUT2D eigenvalue weighted by Crippen LogP contribution is -2.49. The van der Waals surface area contributed by atoms with Crippen molar-refractivity contribution in [2.24, 2.45) is 0 Å². The van der Waals surface area contributed by atoms with Crippen LogP contribution in [0.1, 0.15) is 35.7 Å². The van der Waals surface area contributed by atoms with E-state index in [1.165, 1.54) is 4.90 Å². The van der Waals surface area contributed by atoms with Gasteiger partial charge in [0.15, 0.2) is 0 Å². The number of hydrogen-bond donors (Lipinski definition) is 1. The molecule has 29 heavy (non-hydrogen) atoms. The smallest absolute Gasteiger partial charge is 0.291 e. The number of aromatic nitrogens is 3. The van der Waals surface area contributed by atoms with Gasteiger partial charge < -0.3 is 19.7 Å². The lowest BCUT2D eigenvalue weighted by molar-refractivity contribution is -0.120. The van der Waals surface area contributed by atoms with Crippen molar-refractivity contribution >= 4 is 17.5 Å². The number of para-hydroxylation sites is 2. The third-order valence-corrected chi connectivity index (χ3v) is 6.17. The number of anilines is 1. The Morgan fingerprint density at radius 1 is 1.24 bits per heavy atom. The van der Waals surface area contributed by atoms with Crippen molar-refractivity contribution in [3.8, 4) is 5.75 Å². The first kappa shape index (κ1) is 18.1. The highest BCUT2D eigenvalue weighted by atomic mass is 16.5. The van der Waals surface area contributed by atoms with E-state index in [-0.39, 0.29) is 23.8 Å². The molecule has 2 amide bonds. The maximum atomic E-state index is 12.8. The predicted octanol–water partition coefficient (Wildman–Crippen LogP) is 0.884. The van der Waals surface area contributed by atoms with Crippen LogP contribution in [-0.4, -0.2) is 59.5 Å². The van der Waals surface area contributed by atoms with Crippen molar-refractivity contribution in [2.75, 3.05) is 31.8 Å². The van der Waals surface area contributed by atoms with Crippen LogP contribution in [-0.2, 0) is 21.5 Å². The minimum Gasteiger partial charge on any atom is -0.489 e. The van der Waals surface area contributed by atoms with E-state index in [0.29, 0.717) is 24.7 Å². The highest BCUT2D eigenvalue weighted by Gasteiger charge is 2.44. The number of hydrogen-bond acceptors (Lipinski definition) is 6. The summed E-state index contributed by atoms with van der Waals surface area (Å²) in [5.74, 6) is 0.869. The number of benzene rings is 1. The van der Waals surface area contributed by atoms with Crippen molar-refractivity contribution in [1.82, 2.24) is 20.1 Å². The molecule has 1 aromatic carbocycles. The molecule has 152 valence electrons. The molecule has 0 unspecified atom stereocenters. The van der Waals surface area contributed by atoms with Crippen LogP contribution in [0.15, 0.2) is 24.3 Å². The molecule has 1 spiro atoms. The highest BCUT2D eigenvalue weighted by Crippen LogP contribution is 2.41. The number of ether oxygens (including phenoxy) is 2. The van der Waals surface area contributed by atoms with Gasteiger partial charge in [-0.15, -0.1) is 5.10 Å². The zero-order valence-corrected chi connectivity index (χ0v) is 16.3. The Morgan fingerprint density at radius 2 is 2.03 bits per heavy atom. The summed E-state index contributed by atoms with van der Waals surface area (Å²) in [6, 6.07) is 6.49.